The Morgan fingerprint density at radius 3 is 2.71 bits per heavy atom. The molecule has 0 amide bonds. The standard InChI is InChI=1S/C20H19N3S/c24-20-22-17-7-3-6-16(17)19(23-20)21-18-11-10-13(12-8-9-12)14-4-1-2-5-15(14)18/h1-2,4-5,10-12H,3,6-9H2,(H2,21,22,23,24). The van der Waals surface area contributed by atoms with Crippen molar-refractivity contribution in [2.24, 2.45) is 0 Å². The van der Waals surface area contributed by atoms with Crippen LogP contribution in [-0.4, -0.2) is 9.97 Å². The maximum atomic E-state index is 5.31. The van der Waals surface area contributed by atoms with Gasteiger partial charge in [0.25, 0.3) is 0 Å². The van der Waals surface area contributed by atoms with E-state index in [1.54, 1.807) is 0 Å². The molecule has 4 heteroatoms. The lowest BCUT2D eigenvalue weighted by atomic mass is 9.99. The van der Waals surface area contributed by atoms with Crippen molar-refractivity contribution < 1.29 is 0 Å². The van der Waals surface area contributed by atoms with Gasteiger partial charge >= 0.3 is 0 Å². The Kier molecular flexibility index (Phi) is 3.20. The number of rotatable bonds is 3. The Morgan fingerprint density at radius 2 is 1.88 bits per heavy atom. The summed E-state index contributed by atoms with van der Waals surface area (Å²) in [6.07, 6.45) is 5.94. The van der Waals surface area contributed by atoms with Gasteiger partial charge in [-0.3, -0.25) is 0 Å². The number of aromatic nitrogens is 2. The smallest absolute Gasteiger partial charge is 0.198 e. The normalized spacial score (nSPS) is 16.3. The number of nitrogens with zero attached hydrogens (tertiary/aromatic N) is 1. The molecule has 0 radical (unpaired) electrons. The van der Waals surface area contributed by atoms with Gasteiger partial charge in [-0.1, -0.05) is 30.3 Å². The molecule has 1 heterocycles. The molecule has 1 aromatic heterocycles. The molecular weight excluding hydrogens is 314 g/mol. The summed E-state index contributed by atoms with van der Waals surface area (Å²) in [7, 11) is 0. The fourth-order valence-corrected chi connectivity index (χ4v) is 4.10. The van der Waals surface area contributed by atoms with Crippen molar-refractivity contribution in [2.45, 2.75) is 38.0 Å². The third-order valence-corrected chi connectivity index (χ3v) is 5.40. The first-order chi connectivity index (χ1) is 11.8. The predicted octanol–water partition coefficient (Wildman–Crippen LogP) is 5.40. The Morgan fingerprint density at radius 1 is 1.04 bits per heavy atom. The lowest BCUT2D eigenvalue weighted by molar-refractivity contribution is 0.898. The predicted molar refractivity (Wildman–Crippen MR) is 101 cm³/mol. The van der Waals surface area contributed by atoms with E-state index in [1.807, 2.05) is 0 Å². The summed E-state index contributed by atoms with van der Waals surface area (Å²) < 4.78 is 0.567. The fraction of sp³-hybridized carbons (Fsp3) is 0.300. The highest BCUT2D eigenvalue weighted by atomic mass is 32.1. The lowest BCUT2D eigenvalue weighted by Crippen LogP contribution is -2.02. The molecule has 3 aromatic rings. The summed E-state index contributed by atoms with van der Waals surface area (Å²) in [4.78, 5) is 7.81. The number of hydrogen-bond acceptors (Lipinski definition) is 3. The van der Waals surface area contributed by atoms with Crippen LogP contribution < -0.4 is 5.32 Å². The van der Waals surface area contributed by atoms with Gasteiger partial charge in [0.1, 0.15) is 5.82 Å². The Bertz CT molecular complexity index is 1000. The molecule has 1 fully saturated rings. The monoisotopic (exact) mass is 333 g/mol. The molecule has 3 nitrogen and oxygen atoms in total. The Labute approximate surface area is 146 Å². The van der Waals surface area contributed by atoms with Crippen LogP contribution in [-0.2, 0) is 12.8 Å². The van der Waals surface area contributed by atoms with E-state index in [2.05, 4.69) is 51.7 Å². The van der Waals surface area contributed by atoms with E-state index < -0.39 is 0 Å². The van der Waals surface area contributed by atoms with Gasteiger partial charge in [0.05, 0.1) is 0 Å². The minimum atomic E-state index is 0.567. The van der Waals surface area contributed by atoms with Crippen LogP contribution in [0.25, 0.3) is 10.8 Å². The van der Waals surface area contributed by atoms with Gasteiger partial charge in [-0.25, -0.2) is 4.98 Å². The molecule has 0 saturated heterocycles. The van der Waals surface area contributed by atoms with Crippen LogP contribution in [0.4, 0.5) is 11.5 Å². The minimum Gasteiger partial charge on any atom is -0.339 e. The van der Waals surface area contributed by atoms with Gasteiger partial charge in [0, 0.05) is 22.3 Å². The molecule has 2 aliphatic carbocycles. The van der Waals surface area contributed by atoms with Crippen molar-refractivity contribution in [1.29, 1.82) is 0 Å². The van der Waals surface area contributed by atoms with Crippen molar-refractivity contribution in [1.82, 2.24) is 9.97 Å². The zero-order chi connectivity index (χ0) is 16.1. The SMILES string of the molecule is S=c1nc(Nc2ccc(C3CC3)c3ccccc23)c2c([nH]1)CCC2. The van der Waals surface area contributed by atoms with Gasteiger partial charge in [0.2, 0.25) is 0 Å². The topological polar surface area (TPSA) is 40.7 Å². The number of fused-ring (bicyclic) bond motifs is 2. The summed E-state index contributed by atoms with van der Waals surface area (Å²) in [5.74, 6) is 1.67. The van der Waals surface area contributed by atoms with Crippen molar-refractivity contribution in [3.8, 4) is 0 Å². The van der Waals surface area contributed by atoms with Crippen LogP contribution in [0, 0.1) is 4.77 Å². The second-order valence-electron chi connectivity index (χ2n) is 6.85. The van der Waals surface area contributed by atoms with Crippen LogP contribution in [0.5, 0.6) is 0 Å². The number of nitrogens with one attached hydrogen (secondary N) is 2. The molecule has 1 saturated carbocycles. The number of aromatic amines is 1. The van der Waals surface area contributed by atoms with E-state index in [9.17, 15) is 0 Å². The molecule has 0 unspecified atom stereocenters. The molecule has 0 aliphatic heterocycles. The summed E-state index contributed by atoms with van der Waals surface area (Å²) in [6.45, 7) is 0. The Hall–Kier alpha value is -2.20. The number of anilines is 2. The first-order valence-corrected chi connectivity index (χ1v) is 9.11. The largest absolute Gasteiger partial charge is 0.339 e. The molecule has 120 valence electrons. The molecule has 2 aliphatic rings. The first kappa shape index (κ1) is 14.2. The second-order valence-corrected chi connectivity index (χ2v) is 7.24. The van der Waals surface area contributed by atoms with Crippen molar-refractivity contribution in [3.05, 3.63) is 58.0 Å². The molecule has 2 N–H and O–H groups in total. The lowest BCUT2D eigenvalue weighted by Gasteiger charge is -2.14. The molecular formula is C20H19N3S. The second kappa shape index (κ2) is 5.42. The minimum absolute atomic E-state index is 0.567. The van der Waals surface area contributed by atoms with E-state index >= 15 is 0 Å². The highest BCUT2D eigenvalue weighted by Gasteiger charge is 2.26. The zero-order valence-electron chi connectivity index (χ0n) is 13.4. The number of aryl methyl sites for hydroxylation is 1. The van der Waals surface area contributed by atoms with Crippen LogP contribution in [0.15, 0.2) is 36.4 Å². The van der Waals surface area contributed by atoms with Crippen LogP contribution in [0.1, 0.15) is 42.0 Å². The fourth-order valence-electron chi connectivity index (χ4n) is 3.88. The molecule has 24 heavy (non-hydrogen) atoms. The van der Waals surface area contributed by atoms with Crippen molar-refractivity contribution in [3.63, 3.8) is 0 Å². The average Bonchev–Trinajstić information content (AvgIpc) is 3.32. The molecule has 0 bridgehead atoms. The van der Waals surface area contributed by atoms with Crippen LogP contribution in [0.2, 0.25) is 0 Å². The summed E-state index contributed by atoms with van der Waals surface area (Å²) in [5.41, 5.74) is 5.15. The first-order valence-electron chi connectivity index (χ1n) is 8.70. The van der Waals surface area contributed by atoms with Gasteiger partial charge < -0.3 is 10.3 Å². The average molecular weight is 333 g/mol. The maximum Gasteiger partial charge on any atom is 0.198 e. The maximum absolute atomic E-state index is 5.31. The third kappa shape index (κ3) is 2.33. The molecule has 0 atom stereocenters. The summed E-state index contributed by atoms with van der Waals surface area (Å²) in [6, 6.07) is 13.2. The van der Waals surface area contributed by atoms with Crippen molar-refractivity contribution >= 4 is 34.5 Å². The number of hydrogen-bond donors (Lipinski definition) is 2. The Balaban J connectivity index is 1.64. The highest BCUT2D eigenvalue weighted by Crippen LogP contribution is 2.44. The van der Waals surface area contributed by atoms with Crippen LogP contribution in [0.3, 0.4) is 0 Å². The zero-order valence-corrected chi connectivity index (χ0v) is 14.2. The van der Waals surface area contributed by atoms with E-state index in [-0.39, 0.29) is 0 Å². The molecule has 2 aromatic carbocycles. The highest BCUT2D eigenvalue weighted by molar-refractivity contribution is 7.71. The third-order valence-electron chi connectivity index (χ3n) is 5.20. The van der Waals surface area contributed by atoms with Gasteiger partial charge in [0.15, 0.2) is 4.77 Å². The summed E-state index contributed by atoms with van der Waals surface area (Å²) in [5, 5.41) is 6.21. The molecule has 5 rings (SSSR count). The van der Waals surface area contributed by atoms with Gasteiger partial charge in [-0.2, -0.15) is 0 Å². The van der Waals surface area contributed by atoms with Crippen LogP contribution >= 0.6 is 12.2 Å². The van der Waals surface area contributed by atoms with Crippen molar-refractivity contribution in [2.75, 3.05) is 5.32 Å². The number of H-pyrrole nitrogens is 1. The number of benzene rings is 2. The van der Waals surface area contributed by atoms with Gasteiger partial charge in [-0.15, -0.1) is 0 Å². The van der Waals surface area contributed by atoms with Gasteiger partial charge in [-0.05, 0) is 67.3 Å². The summed E-state index contributed by atoms with van der Waals surface area (Å²) >= 11 is 5.31. The van der Waals surface area contributed by atoms with E-state index in [0.29, 0.717) is 4.77 Å². The van der Waals surface area contributed by atoms with E-state index in [0.717, 1.165) is 30.3 Å². The molecule has 0 spiro atoms. The van der Waals surface area contributed by atoms with E-state index in [4.69, 9.17) is 12.2 Å². The quantitative estimate of drug-likeness (QED) is 0.630. The van der Waals surface area contributed by atoms with E-state index in [1.165, 1.54) is 46.9 Å².